The van der Waals surface area contributed by atoms with Gasteiger partial charge in [0.05, 0.1) is 98.0 Å². The molecule has 2 aromatic heterocycles. The van der Waals surface area contributed by atoms with E-state index in [1.807, 2.05) is 16.7 Å². The number of hydrogen-bond acceptors (Lipinski definition) is 11. The van der Waals surface area contributed by atoms with Gasteiger partial charge in [-0.05, 0) is 56.0 Å². The van der Waals surface area contributed by atoms with Crippen LogP contribution in [0.3, 0.4) is 0 Å². The number of sulfone groups is 1. The SMILES string of the molecule is C=COCCOCCOCCOCCS(=O)(=O)CCCn1c(CN2C(=O)C3(CCN(S(=O)(=O)CC)CC3)c3ccncc32)nc2cc(Cl)ccc21. The lowest BCUT2D eigenvalue weighted by atomic mass is 9.74. The van der Waals surface area contributed by atoms with E-state index in [4.69, 9.17) is 35.5 Å². The summed E-state index contributed by atoms with van der Waals surface area (Å²) in [5.41, 5.74) is 2.05. The lowest BCUT2D eigenvalue weighted by molar-refractivity contribution is -0.124. The molecular formula is C34H46ClN5O9S2. The fourth-order valence-electron chi connectivity index (χ4n) is 6.58. The maximum atomic E-state index is 14.3. The molecule has 5 rings (SSSR count). The molecule has 1 aromatic carbocycles. The normalized spacial score (nSPS) is 16.3. The molecule has 0 saturated carbocycles. The number of sulfonamides is 1. The van der Waals surface area contributed by atoms with Crippen LogP contribution in [0.25, 0.3) is 11.0 Å². The third-order valence-corrected chi connectivity index (χ3v) is 13.1. The van der Waals surface area contributed by atoms with E-state index < -0.39 is 25.3 Å². The van der Waals surface area contributed by atoms with Crippen molar-refractivity contribution in [3.63, 3.8) is 0 Å². The number of amides is 1. The van der Waals surface area contributed by atoms with Crippen molar-refractivity contribution in [2.24, 2.45) is 0 Å². The Labute approximate surface area is 304 Å². The van der Waals surface area contributed by atoms with Crippen molar-refractivity contribution in [2.75, 3.05) is 81.5 Å². The highest BCUT2D eigenvalue weighted by Gasteiger charge is 2.53. The van der Waals surface area contributed by atoms with Crippen molar-refractivity contribution in [1.29, 1.82) is 0 Å². The monoisotopic (exact) mass is 767 g/mol. The van der Waals surface area contributed by atoms with Gasteiger partial charge >= 0.3 is 0 Å². The summed E-state index contributed by atoms with van der Waals surface area (Å²) < 4.78 is 75.5. The second-order valence-electron chi connectivity index (χ2n) is 12.4. The van der Waals surface area contributed by atoms with E-state index in [0.717, 1.165) is 11.1 Å². The topological polar surface area (TPSA) is 159 Å². The average molecular weight is 768 g/mol. The molecule has 0 bridgehead atoms. The Morgan fingerprint density at radius 1 is 0.961 bits per heavy atom. The zero-order chi connectivity index (χ0) is 36.5. The summed E-state index contributed by atoms with van der Waals surface area (Å²) >= 11 is 6.30. The highest BCUT2D eigenvalue weighted by atomic mass is 35.5. The molecule has 51 heavy (non-hydrogen) atoms. The van der Waals surface area contributed by atoms with Gasteiger partial charge in [0.25, 0.3) is 0 Å². The van der Waals surface area contributed by atoms with E-state index in [1.54, 1.807) is 36.4 Å². The van der Waals surface area contributed by atoms with E-state index in [-0.39, 0.29) is 56.0 Å². The van der Waals surface area contributed by atoms with Crippen LogP contribution in [0.5, 0.6) is 0 Å². The van der Waals surface area contributed by atoms with Crippen molar-refractivity contribution < 1.29 is 40.6 Å². The summed E-state index contributed by atoms with van der Waals surface area (Å²) in [7, 11) is -6.78. The molecule has 4 heterocycles. The van der Waals surface area contributed by atoms with Crippen molar-refractivity contribution in [2.45, 2.75) is 44.7 Å². The number of halogens is 1. The Bertz CT molecular complexity index is 1880. The fraction of sp³-hybridized carbons (Fsp3) is 0.559. The third-order valence-electron chi connectivity index (χ3n) is 9.27. The van der Waals surface area contributed by atoms with Gasteiger partial charge in [0.2, 0.25) is 15.9 Å². The molecule has 14 nitrogen and oxygen atoms in total. The molecule has 17 heteroatoms. The fourth-order valence-corrected chi connectivity index (χ4v) is 9.00. The number of piperidine rings is 1. The molecule has 1 amide bonds. The second kappa shape index (κ2) is 17.6. The van der Waals surface area contributed by atoms with E-state index in [0.29, 0.717) is 80.9 Å². The summed E-state index contributed by atoms with van der Waals surface area (Å²) in [4.78, 5) is 25.1. The first-order valence-electron chi connectivity index (χ1n) is 17.1. The maximum Gasteiger partial charge on any atom is 0.238 e. The zero-order valence-corrected chi connectivity index (χ0v) is 31.3. The number of benzene rings is 1. The lowest BCUT2D eigenvalue weighted by Gasteiger charge is -2.37. The van der Waals surface area contributed by atoms with Gasteiger partial charge in [-0.2, -0.15) is 0 Å². The predicted molar refractivity (Wildman–Crippen MR) is 194 cm³/mol. The Balaban J connectivity index is 1.19. The Kier molecular flexibility index (Phi) is 13.5. The van der Waals surface area contributed by atoms with Gasteiger partial charge in [0.1, 0.15) is 12.4 Å². The van der Waals surface area contributed by atoms with Gasteiger partial charge in [-0.25, -0.2) is 26.1 Å². The smallest absolute Gasteiger partial charge is 0.238 e. The summed E-state index contributed by atoms with van der Waals surface area (Å²) in [6.45, 7) is 8.41. The Morgan fingerprint density at radius 3 is 2.33 bits per heavy atom. The molecule has 0 radical (unpaired) electrons. The van der Waals surface area contributed by atoms with Gasteiger partial charge in [-0.1, -0.05) is 18.2 Å². The first-order chi connectivity index (χ1) is 24.5. The minimum atomic E-state index is -3.41. The van der Waals surface area contributed by atoms with E-state index in [9.17, 15) is 21.6 Å². The molecule has 2 aliphatic rings. The van der Waals surface area contributed by atoms with Gasteiger partial charge in [0, 0.05) is 30.9 Å². The molecule has 1 fully saturated rings. The summed E-state index contributed by atoms with van der Waals surface area (Å²) in [5.74, 6) is 0.303. The van der Waals surface area contributed by atoms with Crippen LogP contribution in [0.15, 0.2) is 49.5 Å². The number of hydrogen-bond donors (Lipinski definition) is 0. The van der Waals surface area contributed by atoms with Gasteiger partial charge in [-0.15, -0.1) is 0 Å². The summed E-state index contributed by atoms with van der Waals surface area (Å²) in [6.07, 6.45) is 5.73. The van der Waals surface area contributed by atoms with Crippen LogP contribution in [0.1, 0.15) is 37.6 Å². The standard InChI is InChI=1S/C34H46ClN5O9S2/c1-3-46-15-16-47-17-18-48-19-20-49-21-23-50(42,43)22-5-12-39-30-7-6-27(35)24-29(30)37-32(39)26-40-31-25-36-11-8-28(31)34(33(40)41)9-13-38(14-10-34)51(44,45)4-2/h3,6-8,11,24-25H,1,4-5,9-10,12-23,26H2,2H3. The van der Waals surface area contributed by atoms with E-state index >= 15 is 0 Å². The van der Waals surface area contributed by atoms with Crippen molar-refractivity contribution >= 4 is 54.1 Å². The number of fused-ring (bicyclic) bond motifs is 3. The molecule has 1 spiro atoms. The second-order valence-corrected chi connectivity index (χ2v) is 17.4. The van der Waals surface area contributed by atoms with Crippen LogP contribution in [0, 0.1) is 0 Å². The molecule has 3 aromatic rings. The molecule has 0 atom stereocenters. The number of carbonyl (C=O) groups is 1. The van der Waals surface area contributed by atoms with Crippen LogP contribution in [0.2, 0.25) is 5.02 Å². The van der Waals surface area contributed by atoms with Crippen molar-refractivity contribution in [3.8, 4) is 0 Å². The van der Waals surface area contributed by atoms with E-state index in [1.165, 1.54) is 10.6 Å². The molecule has 0 unspecified atom stereocenters. The van der Waals surface area contributed by atoms with Gasteiger partial charge < -0.3 is 28.4 Å². The van der Waals surface area contributed by atoms with Crippen LogP contribution in [-0.4, -0.2) is 118 Å². The van der Waals surface area contributed by atoms with Crippen LogP contribution < -0.4 is 4.90 Å². The average Bonchev–Trinajstić information content (AvgIpc) is 3.56. The number of carbonyl (C=O) groups excluding carboxylic acids is 1. The summed E-state index contributed by atoms with van der Waals surface area (Å²) in [6, 6.07) is 7.19. The first-order valence-corrected chi connectivity index (χ1v) is 20.9. The van der Waals surface area contributed by atoms with E-state index in [2.05, 4.69) is 11.6 Å². The van der Waals surface area contributed by atoms with Crippen LogP contribution in [-0.2, 0) is 62.1 Å². The number of imidazole rings is 1. The van der Waals surface area contributed by atoms with Crippen molar-refractivity contribution in [1.82, 2.24) is 18.8 Å². The summed E-state index contributed by atoms with van der Waals surface area (Å²) in [5, 5.41) is 0.508. The minimum absolute atomic E-state index is 0.0105. The zero-order valence-electron chi connectivity index (χ0n) is 28.9. The molecule has 0 N–H and O–H groups in total. The van der Waals surface area contributed by atoms with Crippen LogP contribution in [0.4, 0.5) is 5.69 Å². The number of nitrogens with zero attached hydrogens (tertiary/aromatic N) is 5. The number of pyridine rings is 1. The number of aromatic nitrogens is 3. The van der Waals surface area contributed by atoms with Crippen molar-refractivity contribution in [3.05, 3.63) is 65.9 Å². The molecule has 280 valence electrons. The lowest BCUT2D eigenvalue weighted by Crippen LogP contribution is -2.50. The Morgan fingerprint density at radius 2 is 1.65 bits per heavy atom. The van der Waals surface area contributed by atoms with Crippen LogP contribution >= 0.6 is 11.6 Å². The minimum Gasteiger partial charge on any atom is -0.499 e. The number of anilines is 1. The highest BCUT2D eigenvalue weighted by molar-refractivity contribution is 7.91. The number of aryl methyl sites for hydroxylation is 1. The molecule has 2 aliphatic heterocycles. The molecule has 0 aliphatic carbocycles. The maximum absolute atomic E-state index is 14.3. The number of rotatable bonds is 21. The predicted octanol–water partition coefficient (Wildman–Crippen LogP) is 3.33. The first kappa shape index (κ1) is 39.1. The largest absolute Gasteiger partial charge is 0.499 e. The molecule has 1 saturated heterocycles. The third kappa shape index (κ3) is 9.47. The highest BCUT2D eigenvalue weighted by Crippen LogP contribution is 2.48. The molecular weight excluding hydrogens is 722 g/mol. The number of ether oxygens (including phenoxy) is 4. The van der Waals surface area contributed by atoms with Gasteiger partial charge in [0.15, 0.2) is 9.84 Å². The Hall–Kier alpha value is -3.12. The quantitative estimate of drug-likeness (QED) is 0.116. The van der Waals surface area contributed by atoms with Gasteiger partial charge in [-0.3, -0.25) is 9.78 Å².